The van der Waals surface area contributed by atoms with E-state index in [9.17, 15) is 0 Å². The highest BCUT2D eigenvalue weighted by Gasteiger charge is 2.15. The lowest BCUT2D eigenvalue weighted by Crippen LogP contribution is -2.25. The SMILES string of the molecule is C/C=C/OC1=CCCN(c2nnc(-c3ccccc3)o2)CCC=C1. The van der Waals surface area contributed by atoms with Crippen LogP contribution in [0.1, 0.15) is 19.8 Å². The number of benzene rings is 1. The number of rotatable bonds is 4. The van der Waals surface area contributed by atoms with E-state index in [-0.39, 0.29) is 0 Å². The lowest BCUT2D eigenvalue weighted by molar-refractivity contribution is 0.365. The Labute approximate surface area is 142 Å². The first kappa shape index (κ1) is 16.1. The summed E-state index contributed by atoms with van der Waals surface area (Å²) >= 11 is 0. The molecule has 2 heterocycles. The van der Waals surface area contributed by atoms with E-state index in [0.717, 1.165) is 37.3 Å². The van der Waals surface area contributed by atoms with Gasteiger partial charge in [-0.2, -0.15) is 0 Å². The second-order valence-corrected chi connectivity index (χ2v) is 5.42. The van der Waals surface area contributed by atoms with E-state index >= 15 is 0 Å². The first-order chi connectivity index (χ1) is 11.9. The molecule has 0 saturated carbocycles. The van der Waals surface area contributed by atoms with Gasteiger partial charge in [0.25, 0.3) is 0 Å². The van der Waals surface area contributed by atoms with E-state index < -0.39 is 0 Å². The summed E-state index contributed by atoms with van der Waals surface area (Å²) in [5, 5.41) is 8.38. The largest absolute Gasteiger partial charge is 0.466 e. The quantitative estimate of drug-likeness (QED) is 0.784. The molecule has 0 aliphatic carbocycles. The molecule has 0 fully saturated rings. The molecule has 24 heavy (non-hydrogen) atoms. The lowest BCUT2D eigenvalue weighted by atomic mass is 10.2. The van der Waals surface area contributed by atoms with Crippen molar-refractivity contribution >= 4 is 6.01 Å². The number of nitrogens with zero attached hydrogens (tertiary/aromatic N) is 3. The summed E-state index contributed by atoms with van der Waals surface area (Å²) in [6, 6.07) is 10.4. The van der Waals surface area contributed by atoms with Crippen LogP contribution < -0.4 is 4.90 Å². The monoisotopic (exact) mass is 323 g/mol. The third-order valence-corrected chi connectivity index (χ3v) is 3.64. The van der Waals surface area contributed by atoms with Gasteiger partial charge in [0.05, 0.1) is 6.26 Å². The van der Waals surface area contributed by atoms with Crippen molar-refractivity contribution in [3.63, 3.8) is 0 Å². The van der Waals surface area contributed by atoms with Crippen LogP contribution in [0.5, 0.6) is 0 Å². The smallest absolute Gasteiger partial charge is 0.318 e. The summed E-state index contributed by atoms with van der Waals surface area (Å²) in [7, 11) is 0. The molecule has 0 unspecified atom stereocenters. The molecule has 0 N–H and O–H groups in total. The van der Waals surface area contributed by atoms with E-state index in [1.807, 2.05) is 49.4 Å². The normalized spacial score (nSPS) is 15.7. The number of ether oxygens (including phenoxy) is 1. The van der Waals surface area contributed by atoms with Gasteiger partial charge in [-0.05, 0) is 44.1 Å². The summed E-state index contributed by atoms with van der Waals surface area (Å²) in [4.78, 5) is 2.11. The second-order valence-electron chi connectivity index (χ2n) is 5.42. The van der Waals surface area contributed by atoms with Crippen LogP contribution in [0.4, 0.5) is 6.01 Å². The van der Waals surface area contributed by atoms with Crippen molar-refractivity contribution in [1.29, 1.82) is 0 Å². The van der Waals surface area contributed by atoms with Gasteiger partial charge in [0, 0.05) is 18.7 Å². The fourth-order valence-corrected chi connectivity index (χ4v) is 2.44. The molecule has 2 aromatic rings. The molecule has 0 spiro atoms. The number of anilines is 1. The van der Waals surface area contributed by atoms with Gasteiger partial charge in [-0.15, -0.1) is 5.10 Å². The maximum atomic E-state index is 5.85. The second kappa shape index (κ2) is 8.15. The highest BCUT2D eigenvalue weighted by atomic mass is 16.5. The highest BCUT2D eigenvalue weighted by molar-refractivity contribution is 5.53. The molecule has 1 aliphatic rings. The Morgan fingerprint density at radius 3 is 2.79 bits per heavy atom. The number of aromatic nitrogens is 2. The Bertz CT molecular complexity index is 732. The predicted octanol–water partition coefficient (Wildman–Crippen LogP) is 4.33. The summed E-state index contributed by atoms with van der Waals surface area (Å²) in [6.07, 6.45) is 11.5. The first-order valence-electron chi connectivity index (χ1n) is 8.15. The van der Waals surface area contributed by atoms with Gasteiger partial charge in [-0.1, -0.05) is 35.4 Å². The van der Waals surface area contributed by atoms with E-state index in [2.05, 4.69) is 27.2 Å². The average Bonchev–Trinajstić information content (AvgIpc) is 3.14. The van der Waals surface area contributed by atoms with Crippen molar-refractivity contribution in [2.45, 2.75) is 19.8 Å². The fraction of sp³-hybridized carbons (Fsp3) is 0.263. The summed E-state index contributed by atoms with van der Waals surface area (Å²) in [5.74, 6) is 1.42. The average molecular weight is 323 g/mol. The van der Waals surface area contributed by atoms with Crippen LogP contribution in [-0.2, 0) is 4.74 Å². The van der Waals surface area contributed by atoms with Crippen molar-refractivity contribution in [2.75, 3.05) is 18.0 Å². The van der Waals surface area contributed by atoms with Crippen molar-refractivity contribution < 1.29 is 9.15 Å². The van der Waals surface area contributed by atoms with Crippen LogP contribution in [0.3, 0.4) is 0 Å². The lowest BCUT2D eigenvalue weighted by Gasteiger charge is -2.17. The molecule has 5 nitrogen and oxygen atoms in total. The van der Waals surface area contributed by atoms with Crippen LogP contribution in [0.25, 0.3) is 11.5 Å². The van der Waals surface area contributed by atoms with E-state index in [1.54, 1.807) is 6.26 Å². The maximum Gasteiger partial charge on any atom is 0.318 e. The van der Waals surface area contributed by atoms with Gasteiger partial charge in [-0.3, -0.25) is 0 Å². The Balaban J connectivity index is 1.70. The predicted molar refractivity (Wildman–Crippen MR) is 94.3 cm³/mol. The highest BCUT2D eigenvalue weighted by Crippen LogP contribution is 2.22. The zero-order valence-electron chi connectivity index (χ0n) is 13.8. The van der Waals surface area contributed by atoms with Crippen molar-refractivity contribution in [3.8, 4) is 11.5 Å². The number of hydrogen-bond donors (Lipinski definition) is 0. The Kier molecular flexibility index (Phi) is 5.45. The van der Waals surface area contributed by atoms with Gasteiger partial charge in [0.1, 0.15) is 5.76 Å². The van der Waals surface area contributed by atoms with Gasteiger partial charge in [0.2, 0.25) is 5.89 Å². The van der Waals surface area contributed by atoms with Gasteiger partial charge in [-0.25, -0.2) is 0 Å². The van der Waals surface area contributed by atoms with Crippen LogP contribution >= 0.6 is 0 Å². The van der Waals surface area contributed by atoms with Crippen LogP contribution in [-0.4, -0.2) is 23.3 Å². The van der Waals surface area contributed by atoms with Gasteiger partial charge >= 0.3 is 6.01 Å². The molecule has 0 radical (unpaired) electrons. The molecule has 1 aromatic carbocycles. The minimum absolute atomic E-state index is 0.550. The number of allylic oxidation sites excluding steroid dienone is 2. The van der Waals surface area contributed by atoms with Gasteiger partial charge < -0.3 is 14.1 Å². The Morgan fingerprint density at radius 2 is 1.96 bits per heavy atom. The Hall–Kier alpha value is -2.82. The van der Waals surface area contributed by atoms with E-state index in [0.29, 0.717) is 11.9 Å². The van der Waals surface area contributed by atoms with Crippen molar-refractivity contribution in [1.82, 2.24) is 10.2 Å². The van der Waals surface area contributed by atoms with Gasteiger partial charge in [0.15, 0.2) is 0 Å². The summed E-state index contributed by atoms with van der Waals surface area (Å²) in [5.41, 5.74) is 0.933. The maximum absolute atomic E-state index is 5.85. The Morgan fingerprint density at radius 1 is 1.12 bits per heavy atom. The zero-order chi connectivity index (χ0) is 16.6. The molecule has 124 valence electrons. The molecule has 0 atom stereocenters. The van der Waals surface area contributed by atoms with Crippen LogP contribution in [0.2, 0.25) is 0 Å². The zero-order valence-corrected chi connectivity index (χ0v) is 13.8. The molecule has 5 heteroatoms. The van der Waals surface area contributed by atoms with Crippen molar-refractivity contribution in [3.05, 3.63) is 66.7 Å². The third kappa shape index (κ3) is 4.13. The summed E-state index contributed by atoms with van der Waals surface area (Å²) in [6.45, 7) is 3.57. The molecule has 0 amide bonds. The molecule has 0 bridgehead atoms. The first-order valence-corrected chi connectivity index (χ1v) is 8.15. The minimum atomic E-state index is 0.550. The molecular weight excluding hydrogens is 302 g/mol. The van der Waals surface area contributed by atoms with Crippen molar-refractivity contribution in [2.24, 2.45) is 0 Å². The molecule has 1 aliphatic heterocycles. The van der Waals surface area contributed by atoms with Crippen LogP contribution in [0, 0.1) is 0 Å². The molecule has 3 rings (SSSR count). The number of hydrogen-bond acceptors (Lipinski definition) is 5. The molecule has 0 saturated heterocycles. The fourth-order valence-electron chi connectivity index (χ4n) is 2.44. The topological polar surface area (TPSA) is 51.4 Å². The third-order valence-electron chi connectivity index (χ3n) is 3.64. The van der Waals surface area contributed by atoms with E-state index in [1.165, 1.54) is 0 Å². The summed E-state index contributed by atoms with van der Waals surface area (Å²) < 4.78 is 11.4. The molecular formula is C19H21N3O2. The molecule has 1 aromatic heterocycles. The van der Waals surface area contributed by atoms with E-state index in [4.69, 9.17) is 9.15 Å². The van der Waals surface area contributed by atoms with Crippen LogP contribution in [0.15, 0.2) is 71.1 Å². The minimum Gasteiger partial charge on any atom is -0.466 e. The standard InChI is InChI=1S/C19H21N3O2/c1-2-15-23-17-11-6-7-13-22(14-8-12-17)19-21-20-18(24-19)16-9-4-3-5-10-16/h2-6,9-12,15H,7-8,13-14H2,1H3/b11-6?,15-2+,17-12?.